The molecule has 1 amide bonds. The SMILES string of the molecule is C=CC(=O)NCC#Cc1cc2c(Nc3ccc(OCc4cccc(F)c4)c(Cl)c3)ncnc2cc1OCCOC. The number of hydrogen-bond acceptors (Lipinski definition) is 7. The molecule has 40 heavy (non-hydrogen) atoms. The van der Waals surface area contributed by atoms with Crippen molar-refractivity contribution in [3.8, 4) is 23.3 Å². The van der Waals surface area contributed by atoms with Gasteiger partial charge in [-0.3, -0.25) is 4.79 Å². The van der Waals surface area contributed by atoms with E-state index in [9.17, 15) is 9.18 Å². The van der Waals surface area contributed by atoms with Crippen LogP contribution in [-0.4, -0.2) is 42.7 Å². The topological polar surface area (TPSA) is 94.6 Å². The Morgan fingerprint density at radius 2 is 1.98 bits per heavy atom. The quantitative estimate of drug-likeness (QED) is 0.144. The molecule has 1 heterocycles. The molecule has 2 N–H and O–H groups in total. The van der Waals surface area contributed by atoms with Gasteiger partial charge in [-0.15, -0.1) is 0 Å². The summed E-state index contributed by atoms with van der Waals surface area (Å²) >= 11 is 6.47. The van der Waals surface area contributed by atoms with Gasteiger partial charge in [0.05, 0.1) is 29.3 Å². The number of aromatic nitrogens is 2. The van der Waals surface area contributed by atoms with Crippen LogP contribution in [0.25, 0.3) is 10.9 Å². The lowest BCUT2D eigenvalue weighted by atomic mass is 10.1. The third-order valence-electron chi connectivity index (χ3n) is 5.52. The fourth-order valence-corrected chi connectivity index (χ4v) is 3.83. The third kappa shape index (κ3) is 7.69. The van der Waals surface area contributed by atoms with E-state index in [0.717, 1.165) is 0 Å². The zero-order chi connectivity index (χ0) is 28.3. The molecule has 1 aromatic heterocycles. The number of fused-ring (bicyclic) bond motifs is 1. The number of ether oxygens (including phenoxy) is 3. The Kier molecular flexibility index (Phi) is 9.88. The average molecular weight is 561 g/mol. The van der Waals surface area contributed by atoms with Crippen LogP contribution in [0.4, 0.5) is 15.9 Å². The molecule has 0 atom stereocenters. The average Bonchev–Trinajstić information content (AvgIpc) is 2.95. The highest BCUT2D eigenvalue weighted by atomic mass is 35.5. The normalized spacial score (nSPS) is 10.4. The van der Waals surface area contributed by atoms with E-state index in [-0.39, 0.29) is 24.9 Å². The fourth-order valence-electron chi connectivity index (χ4n) is 3.60. The first-order valence-electron chi connectivity index (χ1n) is 12.2. The minimum absolute atomic E-state index is 0.142. The number of carbonyl (C=O) groups is 1. The number of nitrogens with zero attached hydrogens (tertiary/aromatic N) is 2. The lowest BCUT2D eigenvalue weighted by Crippen LogP contribution is -2.20. The summed E-state index contributed by atoms with van der Waals surface area (Å²) < 4.78 is 30.2. The van der Waals surface area contributed by atoms with Gasteiger partial charge in [-0.2, -0.15) is 0 Å². The van der Waals surface area contributed by atoms with Gasteiger partial charge in [0.2, 0.25) is 5.91 Å². The summed E-state index contributed by atoms with van der Waals surface area (Å²) in [5, 5.41) is 6.96. The van der Waals surface area contributed by atoms with Crippen LogP contribution in [0.2, 0.25) is 5.02 Å². The van der Waals surface area contributed by atoms with E-state index in [2.05, 4.69) is 39.0 Å². The molecule has 0 spiro atoms. The van der Waals surface area contributed by atoms with E-state index in [1.807, 2.05) is 6.07 Å². The molecule has 0 saturated carbocycles. The van der Waals surface area contributed by atoms with Gasteiger partial charge in [0.1, 0.15) is 42.7 Å². The minimum atomic E-state index is -0.328. The van der Waals surface area contributed by atoms with Gasteiger partial charge >= 0.3 is 0 Å². The molecule has 0 bridgehead atoms. The monoisotopic (exact) mass is 560 g/mol. The van der Waals surface area contributed by atoms with Crippen molar-refractivity contribution in [2.75, 3.05) is 32.2 Å². The number of anilines is 2. The lowest BCUT2D eigenvalue weighted by molar-refractivity contribution is -0.116. The molecule has 0 aliphatic carbocycles. The van der Waals surface area contributed by atoms with E-state index in [1.54, 1.807) is 43.5 Å². The highest BCUT2D eigenvalue weighted by Gasteiger charge is 2.12. The molecule has 204 valence electrons. The van der Waals surface area contributed by atoms with Crippen LogP contribution in [0.1, 0.15) is 11.1 Å². The summed E-state index contributed by atoms with van der Waals surface area (Å²) in [5.74, 6) is 6.84. The van der Waals surface area contributed by atoms with Crippen molar-refractivity contribution in [1.29, 1.82) is 0 Å². The Morgan fingerprint density at radius 3 is 2.75 bits per heavy atom. The number of methoxy groups -OCH3 is 1. The number of hydrogen-bond donors (Lipinski definition) is 2. The largest absolute Gasteiger partial charge is 0.490 e. The Hall–Kier alpha value is -4.65. The van der Waals surface area contributed by atoms with Crippen LogP contribution in [-0.2, 0) is 16.1 Å². The molecule has 8 nitrogen and oxygen atoms in total. The first-order chi connectivity index (χ1) is 19.5. The predicted octanol–water partition coefficient (Wildman–Crippen LogP) is 5.42. The molecule has 0 aliphatic rings. The number of amides is 1. The molecule has 0 aliphatic heterocycles. The predicted molar refractivity (Wildman–Crippen MR) is 152 cm³/mol. The number of nitrogens with one attached hydrogen (secondary N) is 2. The van der Waals surface area contributed by atoms with Crippen LogP contribution in [0.5, 0.6) is 11.5 Å². The summed E-state index contributed by atoms with van der Waals surface area (Å²) in [7, 11) is 1.59. The standard InChI is InChI=1S/C30H26ClFN4O4/c1-3-29(37)33-11-5-7-21-15-24-26(17-28(21)39-13-12-38-2)34-19-35-30(24)36-23-9-10-27(25(31)16-23)40-18-20-6-4-8-22(32)14-20/h3-4,6,8-10,14-17,19H,1,11-13,18H2,2H3,(H,33,37)(H,34,35,36). The van der Waals surface area contributed by atoms with Gasteiger partial charge in [0.15, 0.2) is 0 Å². The summed E-state index contributed by atoms with van der Waals surface area (Å²) in [6.45, 7) is 4.47. The minimum Gasteiger partial charge on any atom is -0.490 e. The van der Waals surface area contributed by atoms with Crippen molar-refractivity contribution in [3.63, 3.8) is 0 Å². The van der Waals surface area contributed by atoms with Crippen LogP contribution in [0, 0.1) is 17.7 Å². The summed E-state index contributed by atoms with van der Waals surface area (Å²) in [6.07, 6.45) is 2.62. The van der Waals surface area contributed by atoms with Crippen molar-refractivity contribution in [3.05, 3.63) is 95.5 Å². The number of benzene rings is 3. The second-order valence-electron chi connectivity index (χ2n) is 8.34. The Balaban J connectivity index is 1.57. The summed E-state index contributed by atoms with van der Waals surface area (Å²) in [6, 6.07) is 15.0. The molecule has 0 unspecified atom stereocenters. The number of rotatable bonds is 11. The van der Waals surface area contributed by atoms with Crippen LogP contribution in [0.3, 0.4) is 0 Å². The summed E-state index contributed by atoms with van der Waals surface area (Å²) in [5.41, 5.74) is 2.59. The Morgan fingerprint density at radius 1 is 1.10 bits per heavy atom. The van der Waals surface area contributed by atoms with Crippen molar-refractivity contribution in [1.82, 2.24) is 15.3 Å². The first kappa shape index (κ1) is 28.4. The molecular weight excluding hydrogens is 535 g/mol. The van der Waals surface area contributed by atoms with Gasteiger partial charge < -0.3 is 24.8 Å². The second kappa shape index (κ2) is 13.9. The maximum Gasteiger partial charge on any atom is 0.244 e. The molecule has 0 fully saturated rings. The van der Waals surface area contributed by atoms with Gasteiger partial charge in [-0.1, -0.05) is 42.2 Å². The molecular formula is C30H26ClFN4O4. The van der Waals surface area contributed by atoms with Gasteiger partial charge in [-0.25, -0.2) is 14.4 Å². The Bertz CT molecular complexity index is 1590. The van der Waals surface area contributed by atoms with Crippen LogP contribution < -0.4 is 20.1 Å². The molecule has 3 aromatic carbocycles. The van der Waals surface area contributed by atoms with E-state index < -0.39 is 0 Å². The van der Waals surface area contributed by atoms with Crippen molar-refractivity contribution >= 4 is 39.9 Å². The highest BCUT2D eigenvalue weighted by molar-refractivity contribution is 6.32. The lowest BCUT2D eigenvalue weighted by Gasteiger charge is -2.13. The molecule has 0 saturated heterocycles. The van der Waals surface area contributed by atoms with Crippen molar-refractivity contribution in [2.24, 2.45) is 0 Å². The van der Waals surface area contributed by atoms with Crippen LogP contribution >= 0.6 is 11.6 Å². The van der Waals surface area contributed by atoms with E-state index in [1.165, 1.54) is 24.5 Å². The zero-order valence-electron chi connectivity index (χ0n) is 21.7. The summed E-state index contributed by atoms with van der Waals surface area (Å²) in [4.78, 5) is 20.2. The molecule has 10 heteroatoms. The van der Waals surface area contributed by atoms with Crippen LogP contribution in [0.15, 0.2) is 73.6 Å². The third-order valence-corrected chi connectivity index (χ3v) is 5.81. The number of halogens is 2. The fraction of sp³-hybridized carbons (Fsp3) is 0.167. The molecule has 4 rings (SSSR count). The van der Waals surface area contributed by atoms with Gasteiger partial charge in [0.25, 0.3) is 0 Å². The van der Waals surface area contributed by atoms with Gasteiger partial charge in [0, 0.05) is 24.2 Å². The number of carbonyl (C=O) groups excluding carboxylic acids is 1. The Labute approximate surface area is 236 Å². The second-order valence-corrected chi connectivity index (χ2v) is 8.75. The smallest absolute Gasteiger partial charge is 0.244 e. The molecule has 4 aromatic rings. The first-order valence-corrected chi connectivity index (χ1v) is 12.6. The maximum atomic E-state index is 13.4. The van der Waals surface area contributed by atoms with E-state index in [4.69, 9.17) is 25.8 Å². The van der Waals surface area contributed by atoms with E-state index in [0.29, 0.717) is 63.3 Å². The zero-order valence-corrected chi connectivity index (χ0v) is 22.4. The van der Waals surface area contributed by atoms with E-state index >= 15 is 0 Å². The maximum absolute atomic E-state index is 13.4. The highest BCUT2D eigenvalue weighted by Crippen LogP contribution is 2.33. The van der Waals surface area contributed by atoms with Crippen molar-refractivity contribution < 1.29 is 23.4 Å². The van der Waals surface area contributed by atoms with Gasteiger partial charge in [-0.05, 0) is 48.0 Å². The molecule has 0 radical (unpaired) electrons. The van der Waals surface area contributed by atoms with Crippen molar-refractivity contribution in [2.45, 2.75) is 6.61 Å².